The quantitative estimate of drug-likeness (QED) is 0.404. The van der Waals surface area contributed by atoms with Crippen LogP contribution in [-0.4, -0.2) is 50.4 Å². The topological polar surface area (TPSA) is 76.0 Å². The van der Waals surface area contributed by atoms with Gasteiger partial charge in [0.1, 0.15) is 0 Å². The Balaban J connectivity index is 2.08. The first-order valence-electron chi connectivity index (χ1n) is 10.0. The molecule has 0 fully saturated rings. The molecular formula is C23H31NO6. The van der Waals surface area contributed by atoms with Crippen LogP contribution < -0.4 is 9.47 Å². The van der Waals surface area contributed by atoms with E-state index >= 15 is 0 Å². The fourth-order valence-corrected chi connectivity index (χ4v) is 3.47. The fourth-order valence-electron chi connectivity index (χ4n) is 3.47. The molecule has 0 bridgehead atoms. The zero-order valence-corrected chi connectivity index (χ0v) is 18.6. The second kappa shape index (κ2) is 10.8. The van der Waals surface area contributed by atoms with Gasteiger partial charge in [-0.25, -0.2) is 4.79 Å². The van der Waals surface area contributed by atoms with Crippen molar-refractivity contribution in [3.8, 4) is 11.5 Å². The van der Waals surface area contributed by atoms with Crippen LogP contribution in [0.2, 0.25) is 0 Å². The number of ether oxygens (including phenoxy) is 4. The van der Waals surface area contributed by atoms with Gasteiger partial charge in [0.2, 0.25) is 5.78 Å². The predicted molar refractivity (Wildman–Crippen MR) is 114 cm³/mol. The molecule has 7 heteroatoms. The number of aromatic nitrogens is 1. The van der Waals surface area contributed by atoms with Crippen molar-refractivity contribution in [2.45, 2.75) is 40.2 Å². The van der Waals surface area contributed by atoms with Gasteiger partial charge < -0.3 is 23.5 Å². The molecule has 1 heterocycles. The van der Waals surface area contributed by atoms with E-state index in [0.717, 1.165) is 17.8 Å². The number of benzene rings is 1. The van der Waals surface area contributed by atoms with Crippen LogP contribution in [0.1, 0.15) is 58.4 Å². The number of nitrogens with zero attached hydrogens (tertiary/aromatic N) is 1. The van der Waals surface area contributed by atoms with E-state index in [1.165, 1.54) is 7.11 Å². The molecule has 0 radical (unpaired) electrons. The first kappa shape index (κ1) is 23.5. The summed E-state index contributed by atoms with van der Waals surface area (Å²) in [5.41, 5.74) is 2.63. The van der Waals surface area contributed by atoms with E-state index in [0.29, 0.717) is 35.8 Å². The Morgan fingerprint density at radius 1 is 1.10 bits per heavy atom. The molecule has 0 amide bonds. The van der Waals surface area contributed by atoms with E-state index in [2.05, 4.69) is 4.57 Å². The molecule has 2 aromatic rings. The molecule has 1 aromatic carbocycles. The van der Waals surface area contributed by atoms with Crippen molar-refractivity contribution in [2.75, 3.05) is 34.0 Å². The summed E-state index contributed by atoms with van der Waals surface area (Å²) in [6.45, 7) is 8.61. The van der Waals surface area contributed by atoms with E-state index in [4.69, 9.17) is 18.9 Å². The summed E-state index contributed by atoms with van der Waals surface area (Å²) < 4.78 is 23.4. The number of aryl methyl sites for hydroxylation is 1. The summed E-state index contributed by atoms with van der Waals surface area (Å²) in [7, 11) is 3.15. The van der Waals surface area contributed by atoms with Gasteiger partial charge in [0, 0.05) is 24.1 Å². The van der Waals surface area contributed by atoms with Crippen LogP contribution in [0.3, 0.4) is 0 Å². The van der Waals surface area contributed by atoms with Gasteiger partial charge in [-0.3, -0.25) is 4.79 Å². The SMILES string of the molecule is CCCOc1ccc(C(=O)OCC(=O)c2cc(C)n([C@H](C)COC)c2C)cc1OC. The van der Waals surface area contributed by atoms with Crippen LogP contribution in [0, 0.1) is 13.8 Å². The third-order valence-electron chi connectivity index (χ3n) is 4.83. The molecule has 164 valence electrons. The van der Waals surface area contributed by atoms with Gasteiger partial charge in [0.05, 0.1) is 31.9 Å². The molecule has 0 spiro atoms. The van der Waals surface area contributed by atoms with E-state index in [1.807, 2.05) is 33.8 Å². The molecule has 0 N–H and O–H groups in total. The second-order valence-electron chi connectivity index (χ2n) is 7.17. The Labute approximate surface area is 177 Å². The Bertz CT molecular complexity index is 886. The lowest BCUT2D eigenvalue weighted by atomic mass is 10.1. The number of Topliss-reactive ketones (excluding diaryl/α,β-unsaturated/α-hetero) is 1. The monoisotopic (exact) mass is 417 g/mol. The van der Waals surface area contributed by atoms with Gasteiger partial charge in [-0.1, -0.05) is 6.92 Å². The number of esters is 1. The Morgan fingerprint density at radius 2 is 1.83 bits per heavy atom. The maximum atomic E-state index is 12.7. The van der Waals surface area contributed by atoms with Gasteiger partial charge in [-0.05, 0) is 51.5 Å². The highest BCUT2D eigenvalue weighted by Gasteiger charge is 2.20. The molecular weight excluding hydrogens is 386 g/mol. The highest BCUT2D eigenvalue weighted by Crippen LogP contribution is 2.28. The van der Waals surface area contributed by atoms with E-state index in [9.17, 15) is 9.59 Å². The molecule has 0 aliphatic carbocycles. The van der Waals surface area contributed by atoms with E-state index < -0.39 is 5.97 Å². The summed E-state index contributed by atoms with van der Waals surface area (Å²) in [6, 6.07) is 6.73. The average molecular weight is 418 g/mol. The molecule has 0 saturated heterocycles. The molecule has 7 nitrogen and oxygen atoms in total. The van der Waals surface area contributed by atoms with Gasteiger partial charge in [0.25, 0.3) is 0 Å². The minimum Gasteiger partial charge on any atom is -0.493 e. The zero-order chi connectivity index (χ0) is 22.3. The standard InChI is InChI=1S/C23H31NO6/c1-7-10-29-21-9-8-18(12-22(21)28-6)23(26)30-14-20(25)19-11-15(2)24(17(19)4)16(3)13-27-5/h8-9,11-12,16H,7,10,13-14H2,1-6H3/t16-/m1/s1. The zero-order valence-electron chi connectivity index (χ0n) is 18.6. The third kappa shape index (κ3) is 5.42. The number of hydrogen-bond acceptors (Lipinski definition) is 6. The van der Waals surface area contributed by atoms with Crippen LogP contribution in [0.15, 0.2) is 24.3 Å². The second-order valence-corrected chi connectivity index (χ2v) is 7.17. The fraction of sp³-hybridized carbons (Fsp3) is 0.478. The van der Waals surface area contributed by atoms with Crippen molar-refractivity contribution < 1.29 is 28.5 Å². The van der Waals surface area contributed by atoms with Gasteiger partial charge in [-0.15, -0.1) is 0 Å². The van der Waals surface area contributed by atoms with Crippen molar-refractivity contribution in [3.63, 3.8) is 0 Å². The summed E-state index contributed by atoms with van der Waals surface area (Å²) >= 11 is 0. The van der Waals surface area contributed by atoms with Crippen molar-refractivity contribution in [3.05, 3.63) is 46.8 Å². The molecule has 2 rings (SSSR count). The normalized spacial score (nSPS) is 11.8. The Kier molecular flexibility index (Phi) is 8.47. The smallest absolute Gasteiger partial charge is 0.338 e. The van der Waals surface area contributed by atoms with Crippen molar-refractivity contribution in [2.24, 2.45) is 0 Å². The maximum absolute atomic E-state index is 12.7. The Morgan fingerprint density at radius 3 is 2.47 bits per heavy atom. The van der Waals surface area contributed by atoms with Gasteiger partial charge >= 0.3 is 5.97 Å². The lowest BCUT2D eigenvalue weighted by molar-refractivity contribution is 0.0474. The van der Waals surface area contributed by atoms with Gasteiger partial charge in [0.15, 0.2) is 18.1 Å². The largest absolute Gasteiger partial charge is 0.493 e. The highest BCUT2D eigenvalue weighted by molar-refractivity contribution is 6.00. The van der Waals surface area contributed by atoms with Crippen LogP contribution in [0.25, 0.3) is 0 Å². The Hall–Kier alpha value is -2.80. The lowest BCUT2D eigenvalue weighted by Crippen LogP contribution is -2.17. The summed E-state index contributed by atoms with van der Waals surface area (Å²) in [4.78, 5) is 25.1. The minimum absolute atomic E-state index is 0.0972. The van der Waals surface area contributed by atoms with Crippen LogP contribution in [-0.2, 0) is 9.47 Å². The first-order valence-corrected chi connectivity index (χ1v) is 10.0. The van der Waals surface area contributed by atoms with Gasteiger partial charge in [-0.2, -0.15) is 0 Å². The molecule has 0 aliphatic rings. The summed E-state index contributed by atoms with van der Waals surface area (Å²) in [5.74, 6) is 0.164. The number of carbonyl (C=O) groups is 2. The number of hydrogen-bond donors (Lipinski definition) is 0. The van der Waals surface area contributed by atoms with E-state index in [1.54, 1.807) is 25.3 Å². The van der Waals surface area contributed by atoms with Crippen LogP contribution in [0.4, 0.5) is 0 Å². The first-order chi connectivity index (χ1) is 14.3. The third-order valence-corrected chi connectivity index (χ3v) is 4.83. The predicted octanol–water partition coefficient (Wildman–Crippen LogP) is 4.15. The molecule has 0 saturated carbocycles. The van der Waals surface area contributed by atoms with Crippen LogP contribution in [0.5, 0.6) is 11.5 Å². The number of methoxy groups -OCH3 is 2. The number of ketones is 1. The summed E-state index contributed by atoms with van der Waals surface area (Å²) in [5, 5.41) is 0. The highest BCUT2D eigenvalue weighted by atomic mass is 16.5. The summed E-state index contributed by atoms with van der Waals surface area (Å²) in [6.07, 6.45) is 0.861. The van der Waals surface area contributed by atoms with Crippen molar-refractivity contribution >= 4 is 11.8 Å². The number of rotatable bonds is 11. The van der Waals surface area contributed by atoms with E-state index in [-0.39, 0.29) is 18.4 Å². The van der Waals surface area contributed by atoms with Crippen molar-refractivity contribution in [1.82, 2.24) is 4.57 Å². The molecule has 0 unspecified atom stereocenters. The maximum Gasteiger partial charge on any atom is 0.338 e. The number of carbonyl (C=O) groups excluding carboxylic acids is 2. The molecule has 30 heavy (non-hydrogen) atoms. The average Bonchev–Trinajstić information content (AvgIpc) is 3.04. The van der Waals surface area contributed by atoms with Crippen molar-refractivity contribution in [1.29, 1.82) is 0 Å². The lowest BCUT2D eigenvalue weighted by Gasteiger charge is -2.17. The molecule has 0 aliphatic heterocycles. The minimum atomic E-state index is -0.592. The van der Waals surface area contributed by atoms with Crippen LogP contribution >= 0.6 is 0 Å². The molecule has 1 aromatic heterocycles. The molecule has 1 atom stereocenters.